The van der Waals surface area contributed by atoms with E-state index in [2.05, 4.69) is 20.5 Å². The van der Waals surface area contributed by atoms with E-state index in [0.717, 1.165) is 5.01 Å². The minimum Gasteiger partial charge on any atom is -0.444 e. The molecule has 11 heteroatoms. The van der Waals surface area contributed by atoms with E-state index in [-0.39, 0.29) is 18.0 Å². The minimum absolute atomic E-state index is 0.00795. The molecule has 0 aliphatic carbocycles. The highest BCUT2D eigenvalue weighted by molar-refractivity contribution is 7.09. The van der Waals surface area contributed by atoms with Gasteiger partial charge in [0.1, 0.15) is 10.6 Å². The molecule has 0 bridgehead atoms. The summed E-state index contributed by atoms with van der Waals surface area (Å²) < 4.78 is 30.1. The van der Waals surface area contributed by atoms with Gasteiger partial charge in [0.05, 0.1) is 19.0 Å². The highest BCUT2D eigenvalue weighted by atomic mass is 35.5. The van der Waals surface area contributed by atoms with Crippen molar-refractivity contribution in [3.8, 4) is 0 Å². The summed E-state index contributed by atoms with van der Waals surface area (Å²) in [4.78, 5) is 19.2. The van der Waals surface area contributed by atoms with Crippen LogP contribution in [-0.4, -0.2) is 73.3 Å². The number of halogens is 2. The summed E-state index contributed by atoms with van der Waals surface area (Å²) in [6.07, 6.45) is 4.84. The van der Waals surface area contributed by atoms with Gasteiger partial charge in [-0.3, -0.25) is 4.90 Å². The van der Waals surface area contributed by atoms with Gasteiger partial charge in [0, 0.05) is 55.3 Å². The fraction of sp³-hybridized carbons (Fsp3) is 0.667. The van der Waals surface area contributed by atoms with Crippen LogP contribution in [0, 0.1) is 5.92 Å². The summed E-state index contributed by atoms with van der Waals surface area (Å²) in [5, 5.41) is 9.20. The lowest BCUT2D eigenvalue weighted by molar-refractivity contribution is -0.182. The molecule has 1 aliphatic rings. The number of rotatable bonds is 13. The van der Waals surface area contributed by atoms with Crippen molar-refractivity contribution in [1.29, 1.82) is 0 Å². The number of carbonyl (C=O) groups excluding carboxylic acids is 1. The van der Waals surface area contributed by atoms with E-state index >= 15 is 0 Å². The normalized spacial score (nSPS) is 22.0. The molecule has 1 amide bonds. The molecule has 1 fully saturated rings. The zero-order valence-electron chi connectivity index (χ0n) is 21.1. The van der Waals surface area contributed by atoms with Crippen molar-refractivity contribution in [1.82, 2.24) is 20.5 Å². The molecule has 0 saturated carbocycles. The molecule has 2 N–H and O–H groups in total. The number of hydrogen-bond acceptors (Lipinski definition) is 8. The molecule has 0 aromatic carbocycles. The van der Waals surface area contributed by atoms with Crippen LogP contribution in [0.1, 0.15) is 38.6 Å². The topological polar surface area (TPSA) is 84.9 Å². The second-order valence-corrected chi connectivity index (χ2v) is 10.6. The van der Waals surface area contributed by atoms with E-state index in [1.54, 1.807) is 30.7 Å². The SMILES string of the molecule is CNCC(C(OC)OC(/C=C/Cl)C/C=C/F)C1C[C@H](NC(=O)OC(C)(C)C)CN1Cc1nccs1. The number of amides is 1. The lowest BCUT2D eigenvalue weighted by Gasteiger charge is -2.36. The molecule has 5 atom stereocenters. The van der Waals surface area contributed by atoms with E-state index in [9.17, 15) is 9.18 Å². The number of alkyl carbamates (subject to hydrolysis) is 1. The Balaban J connectivity index is 2.24. The van der Waals surface area contributed by atoms with E-state index in [0.29, 0.717) is 38.8 Å². The van der Waals surface area contributed by atoms with E-state index in [4.69, 9.17) is 25.8 Å². The van der Waals surface area contributed by atoms with Crippen LogP contribution in [0.5, 0.6) is 0 Å². The van der Waals surface area contributed by atoms with Crippen molar-refractivity contribution in [2.75, 3.05) is 27.2 Å². The molecule has 2 rings (SSSR count). The molecule has 0 radical (unpaired) electrons. The molecular formula is C24H38ClFN4O4S. The number of nitrogens with zero attached hydrogens (tertiary/aromatic N) is 2. The molecule has 8 nitrogen and oxygen atoms in total. The van der Waals surface area contributed by atoms with Gasteiger partial charge in [-0.2, -0.15) is 0 Å². The van der Waals surface area contributed by atoms with E-state index < -0.39 is 24.1 Å². The Hall–Kier alpha value is -1.56. The number of nitrogens with one attached hydrogen (secondary N) is 2. The lowest BCUT2D eigenvalue weighted by atomic mass is 9.95. The van der Waals surface area contributed by atoms with Gasteiger partial charge >= 0.3 is 6.09 Å². The van der Waals surface area contributed by atoms with Gasteiger partial charge in [0.25, 0.3) is 0 Å². The average Bonchev–Trinajstić information content (AvgIpc) is 3.43. The Morgan fingerprint density at radius 2 is 2.23 bits per heavy atom. The first-order chi connectivity index (χ1) is 16.7. The van der Waals surface area contributed by atoms with Crippen molar-refractivity contribution in [3.05, 3.63) is 40.6 Å². The van der Waals surface area contributed by atoms with Crippen LogP contribution < -0.4 is 10.6 Å². The van der Waals surface area contributed by atoms with Crippen LogP contribution in [0.2, 0.25) is 0 Å². The average molecular weight is 533 g/mol. The number of likely N-dealkylation sites (tertiary alicyclic amines) is 1. The first kappa shape index (κ1) is 29.7. The molecule has 2 heterocycles. The number of aromatic nitrogens is 1. The molecule has 1 aromatic rings. The van der Waals surface area contributed by atoms with E-state index in [1.807, 2.05) is 33.2 Å². The lowest BCUT2D eigenvalue weighted by Crippen LogP contribution is -2.47. The quantitative estimate of drug-likeness (QED) is 0.363. The van der Waals surface area contributed by atoms with Crippen LogP contribution in [0.15, 0.2) is 35.6 Å². The van der Waals surface area contributed by atoms with E-state index in [1.165, 1.54) is 11.6 Å². The Morgan fingerprint density at radius 1 is 1.46 bits per heavy atom. The van der Waals surface area contributed by atoms with Crippen molar-refractivity contribution in [2.24, 2.45) is 5.92 Å². The number of thiazole rings is 1. The Kier molecular flexibility index (Phi) is 12.6. The third-order valence-electron chi connectivity index (χ3n) is 5.56. The van der Waals surface area contributed by atoms with Crippen molar-refractivity contribution in [3.63, 3.8) is 0 Å². The van der Waals surface area contributed by atoms with Crippen molar-refractivity contribution in [2.45, 2.75) is 70.2 Å². The Labute approximate surface area is 216 Å². The highest BCUT2D eigenvalue weighted by Crippen LogP contribution is 2.31. The van der Waals surface area contributed by atoms with Crippen molar-refractivity contribution < 1.29 is 23.4 Å². The molecule has 198 valence electrons. The van der Waals surface area contributed by atoms with Crippen LogP contribution >= 0.6 is 22.9 Å². The summed E-state index contributed by atoms with van der Waals surface area (Å²) in [6, 6.07) is -0.103. The fourth-order valence-electron chi connectivity index (χ4n) is 4.24. The maximum absolute atomic E-state index is 12.6. The third-order valence-corrected chi connectivity index (χ3v) is 6.47. The largest absolute Gasteiger partial charge is 0.444 e. The first-order valence-corrected chi connectivity index (χ1v) is 13.0. The van der Waals surface area contributed by atoms with Gasteiger partial charge in [-0.15, -0.1) is 11.3 Å². The number of methoxy groups -OCH3 is 1. The zero-order chi connectivity index (χ0) is 25.8. The third kappa shape index (κ3) is 10.1. The van der Waals surface area contributed by atoms with Crippen LogP contribution in [0.3, 0.4) is 0 Å². The number of hydrogen-bond donors (Lipinski definition) is 2. The van der Waals surface area contributed by atoms with Gasteiger partial charge in [-0.25, -0.2) is 14.2 Å². The zero-order valence-corrected chi connectivity index (χ0v) is 22.7. The maximum Gasteiger partial charge on any atom is 0.407 e. The minimum atomic E-state index is -0.600. The Bertz CT molecular complexity index is 806. The first-order valence-electron chi connectivity index (χ1n) is 11.7. The van der Waals surface area contributed by atoms with Crippen molar-refractivity contribution >= 4 is 29.0 Å². The van der Waals surface area contributed by atoms with Crippen LogP contribution in [0.25, 0.3) is 0 Å². The molecule has 1 aliphatic heterocycles. The summed E-state index contributed by atoms with van der Waals surface area (Å²) in [5.74, 6) is -0.101. The second kappa shape index (κ2) is 14.9. The van der Waals surface area contributed by atoms with Crippen LogP contribution in [-0.2, 0) is 20.8 Å². The summed E-state index contributed by atoms with van der Waals surface area (Å²) >= 11 is 7.38. The predicted octanol–water partition coefficient (Wildman–Crippen LogP) is 4.43. The summed E-state index contributed by atoms with van der Waals surface area (Å²) in [5.41, 5.74) is 0.785. The summed E-state index contributed by atoms with van der Waals surface area (Å²) in [7, 11) is 3.47. The molecule has 0 spiro atoms. The standard InChI is InChI=1S/C24H38ClFN4O4S/c1-24(2,3)34-23(31)29-17-13-20(30(15-17)16-21-28-11-12-35-21)19(14-27-4)22(32-5)33-18(8-9-25)7-6-10-26/h6,8-12,17-20,22,27H,7,13-16H2,1-5H3,(H,29,31)/b9-8+,10-6+/t17-,18?,19?,20?,22?/m0/s1. The predicted molar refractivity (Wildman–Crippen MR) is 137 cm³/mol. The van der Waals surface area contributed by atoms with Crippen LogP contribution in [0.4, 0.5) is 9.18 Å². The Morgan fingerprint density at radius 3 is 2.80 bits per heavy atom. The second-order valence-electron chi connectivity index (χ2n) is 9.42. The van der Waals surface area contributed by atoms with Gasteiger partial charge in [0.15, 0.2) is 6.29 Å². The highest BCUT2D eigenvalue weighted by Gasteiger charge is 2.42. The molecule has 4 unspecified atom stereocenters. The number of carbonyl (C=O) groups is 1. The molecule has 1 saturated heterocycles. The fourth-order valence-corrected chi connectivity index (χ4v) is 5.05. The number of ether oxygens (including phenoxy) is 3. The smallest absolute Gasteiger partial charge is 0.407 e. The van der Waals surface area contributed by atoms with Gasteiger partial charge in [-0.1, -0.05) is 17.7 Å². The van der Waals surface area contributed by atoms with Gasteiger partial charge in [-0.05, 0) is 46.7 Å². The molecular weight excluding hydrogens is 495 g/mol. The molecule has 1 aromatic heterocycles. The monoisotopic (exact) mass is 532 g/mol. The maximum atomic E-state index is 12.6. The van der Waals surface area contributed by atoms with Gasteiger partial charge in [0.2, 0.25) is 0 Å². The summed E-state index contributed by atoms with van der Waals surface area (Å²) in [6.45, 7) is 7.40. The van der Waals surface area contributed by atoms with Gasteiger partial charge < -0.3 is 24.8 Å². The molecule has 35 heavy (non-hydrogen) atoms.